The first kappa shape index (κ1) is 24.1. The van der Waals surface area contributed by atoms with E-state index in [1.807, 2.05) is 0 Å². The van der Waals surface area contributed by atoms with Gasteiger partial charge in [-0.1, -0.05) is 51.9 Å². The molecule has 122 valence electrons. The van der Waals surface area contributed by atoms with Gasteiger partial charge in [0.15, 0.2) is 0 Å². The summed E-state index contributed by atoms with van der Waals surface area (Å²) >= 11 is 0. The monoisotopic (exact) mass is 332 g/mol. The Morgan fingerprint density at radius 2 is 1.52 bits per heavy atom. The minimum atomic E-state index is -4.67. The van der Waals surface area contributed by atoms with Crippen LogP contribution in [0.5, 0.6) is 0 Å². The zero-order valence-electron chi connectivity index (χ0n) is 13.5. The fraction of sp³-hybridized carbons (Fsp3) is 0.929. The average molecular weight is 332 g/mol. The van der Waals surface area contributed by atoms with Gasteiger partial charge in [-0.25, -0.2) is 0 Å². The summed E-state index contributed by atoms with van der Waals surface area (Å²) in [5.74, 6) is 0. The van der Waals surface area contributed by atoms with Gasteiger partial charge in [-0.2, -0.15) is 21.3 Å². The third kappa shape index (κ3) is 29.5. The zero-order valence-corrected chi connectivity index (χ0v) is 16.3. The molecule has 0 saturated carbocycles. The van der Waals surface area contributed by atoms with E-state index in [1.54, 1.807) is 0 Å². The molecule has 21 heavy (non-hydrogen) atoms. The summed E-state index contributed by atoms with van der Waals surface area (Å²) < 4.78 is 36.8. The Bertz CT molecular complexity index is 296. The molecule has 0 bridgehead atoms. The molecule has 1 fully saturated rings. The smallest absolute Gasteiger partial charge is 0.373 e. The van der Waals surface area contributed by atoms with Crippen molar-refractivity contribution >= 4 is 10.4 Å². The number of unbranched alkanes of at least 4 members (excludes halogenated alkanes) is 9. The van der Waals surface area contributed by atoms with Crippen molar-refractivity contribution in [1.29, 1.82) is 0 Å². The maximum absolute atomic E-state index is 8.74. The van der Waals surface area contributed by atoms with Crippen molar-refractivity contribution in [3.63, 3.8) is 0 Å². The van der Waals surface area contributed by atoms with Crippen LogP contribution in [0.2, 0.25) is 0 Å². The third-order valence-corrected chi connectivity index (χ3v) is 3.10. The molecule has 5 nitrogen and oxygen atoms in total. The van der Waals surface area contributed by atoms with Crippen molar-refractivity contribution in [3.8, 4) is 0 Å². The molecular formula is C14H29NaO5S. The van der Waals surface area contributed by atoms with Crippen molar-refractivity contribution in [3.05, 3.63) is 6.42 Å². The van der Waals surface area contributed by atoms with Crippen LogP contribution in [0.25, 0.3) is 0 Å². The average Bonchev–Trinajstić information content (AvgIpc) is 3.13. The van der Waals surface area contributed by atoms with Gasteiger partial charge in [-0.3, -0.25) is 9.11 Å². The summed E-state index contributed by atoms with van der Waals surface area (Å²) in [5, 5.41) is 0. The first-order valence-corrected chi connectivity index (χ1v) is 8.96. The van der Waals surface area contributed by atoms with Gasteiger partial charge in [-0.05, 0) is 6.42 Å². The summed E-state index contributed by atoms with van der Waals surface area (Å²) in [4.78, 5) is 0. The molecule has 0 aromatic heterocycles. The molecule has 0 spiro atoms. The van der Waals surface area contributed by atoms with Gasteiger partial charge >= 0.3 is 40.0 Å². The van der Waals surface area contributed by atoms with Crippen LogP contribution in [0, 0.1) is 6.42 Å². The molecule has 0 radical (unpaired) electrons. The Kier molecular flexibility index (Phi) is 18.0. The largest absolute Gasteiger partial charge is 1.00 e. The Morgan fingerprint density at radius 3 is 2.05 bits per heavy atom. The summed E-state index contributed by atoms with van der Waals surface area (Å²) in [6, 6.07) is 0. The van der Waals surface area contributed by atoms with Gasteiger partial charge in [0, 0.05) is 0 Å². The SMILES string of the molecule is CCCCCCCC[CH-]CCCC1CO1.O=S(=O)(O)O.[Na+]. The van der Waals surface area contributed by atoms with E-state index >= 15 is 0 Å². The Morgan fingerprint density at radius 1 is 1.05 bits per heavy atom. The number of epoxide rings is 1. The molecule has 1 unspecified atom stereocenters. The van der Waals surface area contributed by atoms with Crippen LogP contribution >= 0.6 is 0 Å². The molecule has 1 aliphatic rings. The molecule has 0 aliphatic carbocycles. The summed E-state index contributed by atoms with van der Waals surface area (Å²) in [5.41, 5.74) is 0. The van der Waals surface area contributed by atoms with E-state index in [9.17, 15) is 0 Å². The second-order valence-corrected chi connectivity index (χ2v) is 6.07. The topological polar surface area (TPSA) is 87.1 Å². The van der Waals surface area contributed by atoms with Crippen LogP contribution in [0.1, 0.15) is 71.1 Å². The van der Waals surface area contributed by atoms with Crippen LogP contribution in [-0.2, 0) is 15.1 Å². The van der Waals surface area contributed by atoms with Gasteiger partial charge < -0.3 is 11.2 Å². The molecule has 1 rings (SSSR count). The van der Waals surface area contributed by atoms with Crippen LogP contribution in [0.15, 0.2) is 0 Å². The quantitative estimate of drug-likeness (QED) is 0.193. The Hall–Kier alpha value is 0.830. The molecule has 2 N–H and O–H groups in total. The van der Waals surface area contributed by atoms with Crippen LogP contribution < -0.4 is 29.6 Å². The standard InChI is InChI=1S/C14H27O.Na.H2O4S/c1-2-3-4-5-6-7-8-9-10-11-12-14-13-15-14;;1-5(2,3)4/h9,14H,2-8,10-13H2,1H3;;(H2,1,2,3,4)/q-1;+1;. The van der Waals surface area contributed by atoms with Gasteiger partial charge in [0.1, 0.15) is 0 Å². The van der Waals surface area contributed by atoms with Gasteiger partial charge in [-0.15, -0.1) is 0 Å². The van der Waals surface area contributed by atoms with Crippen molar-refractivity contribution in [1.82, 2.24) is 0 Å². The minimum Gasteiger partial charge on any atom is -0.373 e. The molecule has 7 heteroatoms. The maximum atomic E-state index is 8.74. The number of hydrogen-bond donors (Lipinski definition) is 2. The molecule has 0 aromatic rings. The van der Waals surface area contributed by atoms with Crippen LogP contribution in [0.3, 0.4) is 0 Å². The summed E-state index contributed by atoms with van der Waals surface area (Å²) in [6.45, 7) is 3.30. The molecular weight excluding hydrogens is 303 g/mol. The number of hydrogen-bond acceptors (Lipinski definition) is 3. The zero-order chi connectivity index (χ0) is 15.3. The number of rotatable bonds is 11. The summed E-state index contributed by atoms with van der Waals surface area (Å²) in [7, 11) is -4.67. The first-order chi connectivity index (χ1) is 9.43. The van der Waals surface area contributed by atoms with E-state index in [1.165, 1.54) is 64.2 Å². The Balaban J connectivity index is 0. The predicted octanol–water partition coefficient (Wildman–Crippen LogP) is 0.862. The number of ether oxygens (including phenoxy) is 1. The maximum Gasteiger partial charge on any atom is 1.00 e. The molecule has 0 aromatic carbocycles. The van der Waals surface area contributed by atoms with Gasteiger partial charge in [0.05, 0.1) is 12.7 Å². The third-order valence-electron chi connectivity index (χ3n) is 3.10. The van der Waals surface area contributed by atoms with E-state index in [2.05, 4.69) is 13.3 Å². The van der Waals surface area contributed by atoms with Gasteiger partial charge in [0.2, 0.25) is 0 Å². The second kappa shape index (κ2) is 15.7. The van der Waals surface area contributed by atoms with Crippen molar-refractivity contribution < 1.29 is 51.8 Å². The van der Waals surface area contributed by atoms with Crippen molar-refractivity contribution in [2.45, 2.75) is 77.2 Å². The summed E-state index contributed by atoms with van der Waals surface area (Å²) in [6.07, 6.45) is 16.9. The fourth-order valence-corrected chi connectivity index (χ4v) is 1.94. The normalized spacial score (nSPS) is 16.6. The van der Waals surface area contributed by atoms with E-state index in [0.29, 0.717) is 6.10 Å². The second-order valence-electron chi connectivity index (χ2n) is 5.18. The fourth-order valence-electron chi connectivity index (χ4n) is 1.94. The van der Waals surface area contributed by atoms with E-state index in [4.69, 9.17) is 22.3 Å². The van der Waals surface area contributed by atoms with Crippen molar-refractivity contribution in [2.75, 3.05) is 6.61 Å². The van der Waals surface area contributed by atoms with E-state index in [-0.39, 0.29) is 29.6 Å². The molecule has 1 saturated heterocycles. The van der Waals surface area contributed by atoms with Crippen LogP contribution in [-0.4, -0.2) is 30.2 Å². The predicted molar refractivity (Wildman–Crippen MR) is 80.1 cm³/mol. The van der Waals surface area contributed by atoms with E-state index in [0.717, 1.165) is 6.61 Å². The van der Waals surface area contributed by atoms with Gasteiger partial charge in [0.25, 0.3) is 0 Å². The first-order valence-electron chi connectivity index (χ1n) is 7.56. The Labute approximate surface area is 152 Å². The van der Waals surface area contributed by atoms with E-state index < -0.39 is 10.4 Å². The molecule has 1 aliphatic heterocycles. The molecule has 1 heterocycles. The van der Waals surface area contributed by atoms with Crippen molar-refractivity contribution in [2.24, 2.45) is 0 Å². The van der Waals surface area contributed by atoms with Crippen LogP contribution in [0.4, 0.5) is 0 Å². The molecule has 1 atom stereocenters. The minimum absolute atomic E-state index is 0. The molecule has 0 amide bonds.